The van der Waals surface area contributed by atoms with E-state index in [0.717, 1.165) is 24.0 Å². The van der Waals surface area contributed by atoms with Gasteiger partial charge in [-0.3, -0.25) is 4.79 Å². The standard InChI is InChI=1S/C19H30O3/c1-3-5-6-7-8-9-10-11-17-14-16(12-13-18(17)20)15-19(21)22-4-2/h12-14,20H,3-11,15H2,1-2H3. The summed E-state index contributed by atoms with van der Waals surface area (Å²) >= 11 is 0. The summed E-state index contributed by atoms with van der Waals surface area (Å²) in [6.07, 6.45) is 9.95. The van der Waals surface area contributed by atoms with Gasteiger partial charge in [-0.15, -0.1) is 0 Å². The van der Waals surface area contributed by atoms with Crippen LogP contribution < -0.4 is 0 Å². The van der Waals surface area contributed by atoms with Crippen LogP contribution in [0.2, 0.25) is 0 Å². The summed E-state index contributed by atoms with van der Waals surface area (Å²) in [6, 6.07) is 5.41. The molecule has 0 saturated carbocycles. The van der Waals surface area contributed by atoms with Crippen molar-refractivity contribution < 1.29 is 14.6 Å². The fourth-order valence-corrected chi connectivity index (χ4v) is 2.60. The number of ether oxygens (including phenoxy) is 1. The number of benzene rings is 1. The van der Waals surface area contributed by atoms with Crippen molar-refractivity contribution in [2.45, 2.75) is 71.6 Å². The molecule has 0 aliphatic heterocycles. The molecular formula is C19H30O3. The molecule has 1 aromatic rings. The minimum Gasteiger partial charge on any atom is -0.508 e. The van der Waals surface area contributed by atoms with Crippen LogP contribution in [0.4, 0.5) is 0 Å². The van der Waals surface area contributed by atoms with Crippen LogP contribution in [-0.2, 0) is 22.4 Å². The lowest BCUT2D eigenvalue weighted by Crippen LogP contribution is -2.07. The fraction of sp³-hybridized carbons (Fsp3) is 0.632. The molecule has 1 aromatic carbocycles. The summed E-state index contributed by atoms with van der Waals surface area (Å²) in [5, 5.41) is 9.93. The topological polar surface area (TPSA) is 46.5 Å². The average molecular weight is 306 g/mol. The van der Waals surface area contributed by atoms with E-state index in [4.69, 9.17) is 4.74 Å². The molecule has 0 heterocycles. The summed E-state index contributed by atoms with van der Waals surface area (Å²) in [7, 11) is 0. The highest BCUT2D eigenvalue weighted by atomic mass is 16.5. The first-order valence-electron chi connectivity index (χ1n) is 8.63. The Morgan fingerprint density at radius 3 is 2.41 bits per heavy atom. The van der Waals surface area contributed by atoms with Gasteiger partial charge in [-0.05, 0) is 37.0 Å². The van der Waals surface area contributed by atoms with Crippen LogP contribution in [0.25, 0.3) is 0 Å². The number of phenols is 1. The second kappa shape index (κ2) is 11.1. The monoisotopic (exact) mass is 306 g/mol. The van der Waals surface area contributed by atoms with Crippen molar-refractivity contribution in [2.24, 2.45) is 0 Å². The maximum atomic E-state index is 11.5. The van der Waals surface area contributed by atoms with Gasteiger partial charge in [-0.2, -0.15) is 0 Å². The van der Waals surface area contributed by atoms with E-state index >= 15 is 0 Å². The van der Waals surface area contributed by atoms with E-state index in [0.29, 0.717) is 12.4 Å². The summed E-state index contributed by atoms with van der Waals surface area (Å²) in [6.45, 7) is 4.44. The summed E-state index contributed by atoms with van der Waals surface area (Å²) in [5.41, 5.74) is 1.85. The number of aryl methyl sites for hydroxylation is 1. The van der Waals surface area contributed by atoms with Crippen LogP contribution in [0.15, 0.2) is 18.2 Å². The molecule has 0 amide bonds. The minimum atomic E-state index is -0.213. The molecule has 0 aliphatic rings. The molecule has 0 saturated heterocycles. The van der Waals surface area contributed by atoms with Crippen LogP contribution in [0, 0.1) is 0 Å². The van der Waals surface area contributed by atoms with E-state index in [1.165, 1.54) is 38.5 Å². The van der Waals surface area contributed by atoms with E-state index in [1.54, 1.807) is 19.1 Å². The van der Waals surface area contributed by atoms with Gasteiger partial charge in [0.15, 0.2) is 0 Å². The lowest BCUT2D eigenvalue weighted by atomic mass is 10.0. The molecule has 3 heteroatoms. The molecule has 0 fully saturated rings. The third kappa shape index (κ3) is 7.48. The molecule has 0 radical (unpaired) electrons. The highest BCUT2D eigenvalue weighted by Gasteiger charge is 2.07. The molecule has 1 rings (SSSR count). The lowest BCUT2D eigenvalue weighted by Gasteiger charge is -2.08. The van der Waals surface area contributed by atoms with Crippen molar-refractivity contribution in [3.63, 3.8) is 0 Å². The molecule has 0 bridgehead atoms. The number of aromatic hydroxyl groups is 1. The van der Waals surface area contributed by atoms with Crippen LogP contribution in [0.1, 0.15) is 69.9 Å². The van der Waals surface area contributed by atoms with Crippen LogP contribution in [0.5, 0.6) is 5.75 Å². The normalized spacial score (nSPS) is 10.6. The van der Waals surface area contributed by atoms with Crippen molar-refractivity contribution in [1.29, 1.82) is 0 Å². The molecule has 0 unspecified atom stereocenters. The predicted octanol–water partition coefficient (Wildman–Crippen LogP) is 4.79. The zero-order valence-electron chi connectivity index (χ0n) is 14.1. The zero-order valence-corrected chi connectivity index (χ0v) is 14.1. The van der Waals surface area contributed by atoms with Crippen molar-refractivity contribution in [1.82, 2.24) is 0 Å². The van der Waals surface area contributed by atoms with Gasteiger partial charge >= 0.3 is 5.97 Å². The predicted molar refractivity (Wildman–Crippen MR) is 90.1 cm³/mol. The fourth-order valence-electron chi connectivity index (χ4n) is 2.60. The number of phenolic OH excluding ortho intramolecular Hbond substituents is 1. The Hall–Kier alpha value is -1.51. The number of carbonyl (C=O) groups is 1. The van der Waals surface area contributed by atoms with Gasteiger partial charge in [0.05, 0.1) is 13.0 Å². The van der Waals surface area contributed by atoms with Gasteiger partial charge in [0.2, 0.25) is 0 Å². The Morgan fingerprint density at radius 1 is 1.05 bits per heavy atom. The van der Waals surface area contributed by atoms with E-state index in [1.807, 2.05) is 6.07 Å². The first-order chi connectivity index (χ1) is 10.7. The highest BCUT2D eigenvalue weighted by Crippen LogP contribution is 2.22. The lowest BCUT2D eigenvalue weighted by molar-refractivity contribution is -0.142. The Bertz CT molecular complexity index is 440. The number of unbranched alkanes of at least 4 members (excludes halogenated alkanes) is 6. The summed E-state index contributed by atoms with van der Waals surface area (Å²) in [5.74, 6) is 0.119. The molecule has 22 heavy (non-hydrogen) atoms. The third-order valence-electron chi connectivity index (χ3n) is 3.85. The molecule has 0 spiro atoms. The molecule has 1 N–H and O–H groups in total. The maximum Gasteiger partial charge on any atom is 0.310 e. The number of hydrogen-bond acceptors (Lipinski definition) is 3. The first kappa shape index (κ1) is 18.5. The van der Waals surface area contributed by atoms with E-state index in [-0.39, 0.29) is 12.4 Å². The third-order valence-corrected chi connectivity index (χ3v) is 3.85. The van der Waals surface area contributed by atoms with Crippen molar-refractivity contribution in [3.8, 4) is 5.75 Å². The number of rotatable bonds is 11. The maximum absolute atomic E-state index is 11.5. The zero-order chi connectivity index (χ0) is 16.2. The Labute approximate surface area is 134 Å². The number of hydrogen-bond donors (Lipinski definition) is 1. The van der Waals surface area contributed by atoms with Crippen molar-refractivity contribution >= 4 is 5.97 Å². The Morgan fingerprint density at radius 2 is 1.73 bits per heavy atom. The van der Waals surface area contributed by atoms with Crippen LogP contribution in [-0.4, -0.2) is 17.7 Å². The Kier molecular flexibility index (Phi) is 9.36. The van der Waals surface area contributed by atoms with E-state index < -0.39 is 0 Å². The quantitative estimate of drug-likeness (QED) is 0.472. The number of esters is 1. The smallest absolute Gasteiger partial charge is 0.310 e. The van der Waals surface area contributed by atoms with Gasteiger partial charge in [0.1, 0.15) is 5.75 Å². The molecule has 0 aromatic heterocycles. The van der Waals surface area contributed by atoms with E-state index in [2.05, 4.69) is 6.92 Å². The van der Waals surface area contributed by atoms with Crippen molar-refractivity contribution in [3.05, 3.63) is 29.3 Å². The van der Waals surface area contributed by atoms with E-state index in [9.17, 15) is 9.90 Å². The molecular weight excluding hydrogens is 276 g/mol. The van der Waals surface area contributed by atoms with Crippen molar-refractivity contribution in [2.75, 3.05) is 6.61 Å². The first-order valence-corrected chi connectivity index (χ1v) is 8.63. The largest absolute Gasteiger partial charge is 0.508 e. The van der Waals surface area contributed by atoms with Gasteiger partial charge < -0.3 is 9.84 Å². The minimum absolute atomic E-state index is 0.213. The van der Waals surface area contributed by atoms with Gasteiger partial charge in [-0.25, -0.2) is 0 Å². The van der Waals surface area contributed by atoms with Gasteiger partial charge in [0, 0.05) is 0 Å². The Balaban J connectivity index is 2.37. The molecule has 124 valence electrons. The average Bonchev–Trinajstić information content (AvgIpc) is 2.49. The SMILES string of the molecule is CCCCCCCCCc1cc(CC(=O)OCC)ccc1O. The second-order valence-corrected chi connectivity index (χ2v) is 5.82. The molecule has 0 atom stereocenters. The molecule has 0 aliphatic carbocycles. The second-order valence-electron chi connectivity index (χ2n) is 5.82. The van der Waals surface area contributed by atoms with Crippen LogP contribution in [0.3, 0.4) is 0 Å². The van der Waals surface area contributed by atoms with Crippen LogP contribution >= 0.6 is 0 Å². The van der Waals surface area contributed by atoms with Gasteiger partial charge in [-0.1, -0.05) is 57.6 Å². The van der Waals surface area contributed by atoms with Gasteiger partial charge in [0.25, 0.3) is 0 Å². The number of carbonyl (C=O) groups excluding carboxylic acids is 1. The molecule has 3 nitrogen and oxygen atoms in total. The summed E-state index contributed by atoms with van der Waals surface area (Å²) in [4.78, 5) is 11.5. The highest BCUT2D eigenvalue weighted by molar-refractivity contribution is 5.72. The summed E-state index contributed by atoms with van der Waals surface area (Å²) < 4.78 is 4.96.